The summed E-state index contributed by atoms with van der Waals surface area (Å²) >= 11 is 0. The van der Waals surface area contributed by atoms with E-state index in [0.29, 0.717) is 6.61 Å². The molecule has 0 aliphatic carbocycles. The number of hydrogen-bond acceptors (Lipinski definition) is 5. The second-order valence-electron chi connectivity index (χ2n) is 4.88. The van der Waals surface area contributed by atoms with Crippen molar-refractivity contribution in [3.63, 3.8) is 0 Å². The Labute approximate surface area is 108 Å². The third kappa shape index (κ3) is 9.89. The monoisotopic (exact) mass is 261 g/mol. The quantitative estimate of drug-likeness (QED) is 0.702. The lowest BCUT2D eigenvalue weighted by Gasteiger charge is -2.20. The lowest BCUT2D eigenvalue weighted by Crippen LogP contribution is -2.34. The number of alkyl carbamates (subject to hydrolysis) is 1. The van der Waals surface area contributed by atoms with E-state index in [9.17, 15) is 14.7 Å². The van der Waals surface area contributed by atoms with Crippen LogP contribution in [0.2, 0.25) is 0 Å². The molecule has 0 aromatic carbocycles. The van der Waals surface area contributed by atoms with E-state index >= 15 is 0 Å². The molecular formula is C12H23NO5. The number of aliphatic hydroxyl groups is 1. The summed E-state index contributed by atoms with van der Waals surface area (Å²) in [6.07, 6.45) is -1.15. The van der Waals surface area contributed by atoms with Crippen LogP contribution in [0.15, 0.2) is 0 Å². The van der Waals surface area contributed by atoms with Crippen LogP contribution in [0.1, 0.15) is 40.5 Å². The van der Waals surface area contributed by atoms with Crippen molar-refractivity contribution >= 4 is 12.1 Å². The van der Waals surface area contributed by atoms with Gasteiger partial charge in [0.1, 0.15) is 5.60 Å². The highest BCUT2D eigenvalue weighted by atomic mass is 16.6. The Morgan fingerprint density at radius 1 is 1.33 bits per heavy atom. The first-order valence-corrected chi connectivity index (χ1v) is 6.05. The van der Waals surface area contributed by atoms with Gasteiger partial charge in [0.25, 0.3) is 0 Å². The summed E-state index contributed by atoms with van der Waals surface area (Å²) in [5, 5.41) is 12.0. The van der Waals surface area contributed by atoms with Crippen molar-refractivity contribution in [3.05, 3.63) is 0 Å². The van der Waals surface area contributed by atoms with Gasteiger partial charge >= 0.3 is 12.1 Å². The molecule has 1 amide bonds. The fraction of sp³-hybridized carbons (Fsp3) is 0.833. The van der Waals surface area contributed by atoms with Gasteiger partial charge in [-0.25, -0.2) is 4.79 Å². The Morgan fingerprint density at radius 3 is 2.44 bits per heavy atom. The Balaban J connectivity index is 3.71. The van der Waals surface area contributed by atoms with Gasteiger partial charge in [-0.2, -0.15) is 0 Å². The van der Waals surface area contributed by atoms with Crippen LogP contribution in [-0.2, 0) is 14.3 Å². The highest BCUT2D eigenvalue weighted by Crippen LogP contribution is 2.06. The Kier molecular flexibility index (Phi) is 7.35. The molecule has 18 heavy (non-hydrogen) atoms. The molecule has 0 aliphatic rings. The fourth-order valence-electron chi connectivity index (χ4n) is 1.17. The first-order chi connectivity index (χ1) is 8.24. The van der Waals surface area contributed by atoms with Gasteiger partial charge in [-0.05, 0) is 34.1 Å². The van der Waals surface area contributed by atoms with E-state index in [2.05, 4.69) is 5.32 Å². The van der Waals surface area contributed by atoms with Gasteiger partial charge in [0.2, 0.25) is 0 Å². The predicted octanol–water partition coefficient (Wildman–Crippen LogP) is 1.22. The van der Waals surface area contributed by atoms with Crippen LogP contribution >= 0.6 is 0 Å². The van der Waals surface area contributed by atoms with Crippen molar-refractivity contribution in [1.29, 1.82) is 0 Å². The van der Waals surface area contributed by atoms with E-state index < -0.39 is 23.8 Å². The van der Waals surface area contributed by atoms with Gasteiger partial charge in [-0.1, -0.05) is 0 Å². The van der Waals surface area contributed by atoms with Gasteiger partial charge in [-0.15, -0.1) is 0 Å². The maximum Gasteiger partial charge on any atom is 0.407 e. The average molecular weight is 261 g/mol. The van der Waals surface area contributed by atoms with Gasteiger partial charge < -0.3 is 19.9 Å². The van der Waals surface area contributed by atoms with E-state index in [1.54, 1.807) is 27.7 Å². The molecule has 106 valence electrons. The van der Waals surface area contributed by atoms with E-state index in [1.165, 1.54) is 0 Å². The largest absolute Gasteiger partial charge is 0.466 e. The van der Waals surface area contributed by atoms with Crippen molar-refractivity contribution in [1.82, 2.24) is 5.32 Å². The van der Waals surface area contributed by atoms with Gasteiger partial charge in [0.15, 0.2) is 0 Å². The summed E-state index contributed by atoms with van der Waals surface area (Å²) in [6, 6.07) is 0. The van der Waals surface area contributed by atoms with Crippen molar-refractivity contribution in [3.8, 4) is 0 Å². The van der Waals surface area contributed by atoms with Gasteiger partial charge in [0, 0.05) is 6.54 Å². The molecule has 2 N–H and O–H groups in total. The number of nitrogens with one attached hydrogen (secondary N) is 1. The van der Waals surface area contributed by atoms with Crippen molar-refractivity contribution in [2.45, 2.75) is 52.2 Å². The molecule has 0 saturated carbocycles. The number of ether oxygens (including phenoxy) is 2. The molecule has 0 spiro atoms. The van der Waals surface area contributed by atoms with Crippen LogP contribution in [0.25, 0.3) is 0 Å². The van der Waals surface area contributed by atoms with Crippen molar-refractivity contribution in [2.24, 2.45) is 0 Å². The molecule has 0 aromatic rings. The van der Waals surface area contributed by atoms with Crippen molar-refractivity contribution < 1.29 is 24.2 Å². The zero-order valence-electron chi connectivity index (χ0n) is 11.5. The normalized spacial score (nSPS) is 12.7. The molecule has 0 radical (unpaired) electrons. The molecule has 0 heterocycles. The predicted molar refractivity (Wildman–Crippen MR) is 66.1 cm³/mol. The zero-order valence-corrected chi connectivity index (χ0v) is 11.5. The third-order valence-electron chi connectivity index (χ3n) is 1.85. The van der Waals surface area contributed by atoms with E-state index in [4.69, 9.17) is 9.47 Å². The minimum Gasteiger partial charge on any atom is -0.466 e. The summed E-state index contributed by atoms with van der Waals surface area (Å²) < 4.78 is 9.71. The Hall–Kier alpha value is -1.30. The van der Waals surface area contributed by atoms with Crippen molar-refractivity contribution in [2.75, 3.05) is 13.2 Å². The summed E-state index contributed by atoms with van der Waals surface area (Å²) in [5.41, 5.74) is -0.548. The van der Waals surface area contributed by atoms with Crippen LogP contribution < -0.4 is 5.32 Å². The molecule has 6 heteroatoms. The second-order valence-corrected chi connectivity index (χ2v) is 4.88. The maximum atomic E-state index is 11.3. The Bertz CT molecular complexity index is 272. The number of carbonyl (C=O) groups excluding carboxylic acids is 2. The molecule has 0 rings (SSSR count). The molecule has 0 aromatic heterocycles. The molecular weight excluding hydrogens is 238 g/mol. The van der Waals surface area contributed by atoms with Crippen LogP contribution in [0.3, 0.4) is 0 Å². The smallest absolute Gasteiger partial charge is 0.407 e. The van der Waals surface area contributed by atoms with Gasteiger partial charge in [-0.3, -0.25) is 4.79 Å². The van der Waals surface area contributed by atoms with Gasteiger partial charge in [0.05, 0.1) is 19.1 Å². The topological polar surface area (TPSA) is 84.9 Å². The number of rotatable bonds is 6. The van der Waals surface area contributed by atoms with E-state index in [0.717, 1.165) is 0 Å². The fourth-order valence-corrected chi connectivity index (χ4v) is 1.17. The number of aliphatic hydroxyl groups excluding tert-OH is 1. The molecule has 0 bridgehead atoms. The summed E-state index contributed by atoms with van der Waals surface area (Å²) in [7, 11) is 0. The first-order valence-electron chi connectivity index (χ1n) is 6.05. The highest BCUT2D eigenvalue weighted by Gasteiger charge is 2.16. The van der Waals surface area contributed by atoms with E-state index in [1.807, 2.05) is 0 Å². The third-order valence-corrected chi connectivity index (χ3v) is 1.85. The zero-order chi connectivity index (χ0) is 14.2. The molecule has 0 saturated heterocycles. The minimum absolute atomic E-state index is 0.0656. The maximum absolute atomic E-state index is 11.3. The summed E-state index contributed by atoms with van der Waals surface area (Å²) in [4.78, 5) is 22.3. The Morgan fingerprint density at radius 2 is 1.94 bits per heavy atom. The second kappa shape index (κ2) is 7.92. The SMILES string of the molecule is CCOC(=O)C[C@H](O)CCNC(=O)OC(C)(C)C. The van der Waals surface area contributed by atoms with Crippen LogP contribution in [-0.4, -0.2) is 42.0 Å². The molecule has 0 unspecified atom stereocenters. The van der Waals surface area contributed by atoms with Crippen LogP contribution in [0.5, 0.6) is 0 Å². The highest BCUT2D eigenvalue weighted by molar-refractivity contribution is 5.70. The summed E-state index contributed by atoms with van der Waals surface area (Å²) in [6.45, 7) is 7.54. The lowest BCUT2D eigenvalue weighted by atomic mass is 10.2. The van der Waals surface area contributed by atoms with E-state index in [-0.39, 0.29) is 19.4 Å². The van der Waals surface area contributed by atoms with Crippen LogP contribution in [0, 0.1) is 0 Å². The first kappa shape index (κ1) is 16.7. The molecule has 1 atom stereocenters. The molecule has 0 fully saturated rings. The molecule has 0 aliphatic heterocycles. The number of esters is 1. The summed E-state index contributed by atoms with van der Waals surface area (Å²) in [5.74, 6) is -0.442. The molecule has 6 nitrogen and oxygen atoms in total. The van der Waals surface area contributed by atoms with Crippen LogP contribution in [0.4, 0.5) is 4.79 Å². The number of amides is 1. The number of hydrogen-bond donors (Lipinski definition) is 2. The minimum atomic E-state index is -0.820. The number of carbonyl (C=O) groups is 2. The average Bonchev–Trinajstić information content (AvgIpc) is 2.14. The lowest BCUT2D eigenvalue weighted by molar-refractivity contribution is -0.145. The standard InChI is InChI=1S/C12H23NO5/c1-5-17-10(15)8-9(14)6-7-13-11(16)18-12(2,3)4/h9,14H,5-8H2,1-4H3,(H,13,16)/t9-/m1/s1.